The minimum Gasteiger partial charge on any atom is -0.393 e. The summed E-state index contributed by atoms with van der Waals surface area (Å²) in [7, 11) is 0. The quantitative estimate of drug-likeness (QED) is 0.548. The Morgan fingerprint density at radius 1 is 1.31 bits per heavy atom. The van der Waals surface area contributed by atoms with Crippen LogP contribution < -0.4 is 10.6 Å². The molecular weight excluding hydrogens is 208 g/mol. The topological polar surface area (TPSA) is 90.3 Å². The van der Waals surface area contributed by atoms with Gasteiger partial charge in [0.1, 0.15) is 23.6 Å². The number of hydrogen-bond acceptors (Lipinski definition) is 6. The molecule has 6 heteroatoms. The lowest BCUT2D eigenvalue weighted by molar-refractivity contribution is 0.0131. The molecule has 6 nitrogen and oxygen atoms in total. The highest BCUT2D eigenvalue weighted by Crippen LogP contribution is 2.10. The highest BCUT2D eigenvalue weighted by molar-refractivity contribution is 5.46. The average molecular weight is 226 g/mol. The van der Waals surface area contributed by atoms with Gasteiger partial charge < -0.3 is 20.8 Å². The lowest BCUT2D eigenvalue weighted by Crippen LogP contribution is -2.37. The Morgan fingerprint density at radius 3 is 2.50 bits per heavy atom. The van der Waals surface area contributed by atoms with E-state index in [4.69, 9.17) is 5.11 Å². The van der Waals surface area contributed by atoms with Crippen LogP contribution in [-0.2, 0) is 0 Å². The normalized spacial score (nSPS) is 14.2. The number of nitrogens with zero attached hydrogens (tertiary/aromatic N) is 2. The number of nitrogens with one attached hydrogen (secondary N) is 2. The van der Waals surface area contributed by atoms with Crippen LogP contribution in [-0.4, -0.2) is 45.5 Å². The van der Waals surface area contributed by atoms with Crippen molar-refractivity contribution >= 4 is 11.6 Å². The Kier molecular flexibility index (Phi) is 4.45. The monoisotopic (exact) mass is 226 g/mol. The Hall–Kier alpha value is -1.40. The molecule has 0 aliphatic heterocycles. The molecule has 1 aromatic rings. The number of aliphatic hydroxyl groups is 2. The zero-order chi connectivity index (χ0) is 12.0. The van der Waals surface area contributed by atoms with Crippen molar-refractivity contribution in [1.29, 1.82) is 0 Å². The van der Waals surface area contributed by atoms with Gasteiger partial charge in [-0.15, -0.1) is 0 Å². The Morgan fingerprint density at radius 2 is 1.94 bits per heavy atom. The predicted molar refractivity (Wildman–Crippen MR) is 62.4 cm³/mol. The SMILES string of the molecule is CCNc1cc(NCC(C)(O)CO)ncn1. The standard InChI is InChI=1S/C10H18N4O2/c1-3-11-8-4-9(14-7-13-8)12-5-10(2,16)6-15/h4,7,15-16H,3,5-6H2,1-2H3,(H2,11,12,13,14). The van der Waals surface area contributed by atoms with Crippen LogP contribution in [0.3, 0.4) is 0 Å². The molecule has 16 heavy (non-hydrogen) atoms. The third-order valence-electron chi connectivity index (χ3n) is 2.02. The summed E-state index contributed by atoms with van der Waals surface area (Å²) < 4.78 is 0. The molecule has 1 heterocycles. The van der Waals surface area contributed by atoms with Crippen molar-refractivity contribution in [2.24, 2.45) is 0 Å². The zero-order valence-corrected chi connectivity index (χ0v) is 9.56. The van der Waals surface area contributed by atoms with Gasteiger partial charge in [0, 0.05) is 19.2 Å². The smallest absolute Gasteiger partial charge is 0.131 e. The van der Waals surface area contributed by atoms with E-state index in [9.17, 15) is 5.11 Å². The molecule has 1 unspecified atom stereocenters. The van der Waals surface area contributed by atoms with Crippen LogP contribution >= 0.6 is 0 Å². The first-order valence-electron chi connectivity index (χ1n) is 5.20. The fourth-order valence-corrected chi connectivity index (χ4v) is 1.07. The molecule has 1 aromatic heterocycles. The second kappa shape index (κ2) is 5.62. The molecule has 0 spiro atoms. The molecule has 0 saturated heterocycles. The van der Waals surface area contributed by atoms with Gasteiger partial charge in [-0.25, -0.2) is 9.97 Å². The van der Waals surface area contributed by atoms with Crippen LogP contribution in [0.5, 0.6) is 0 Å². The maximum atomic E-state index is 9.59. The average Bonchev–Trinajstić information content (AvgIpc) is 2.28. The predicted octanol–water partition coefficient (Wildman–Crippen LogP) is 0.0636. The van der Waals surface area contributed by atoms with Gasteiger partial charge in [0.05, 0.1) is 6.61 Å². The van der Waals surface area contributed by atoms with E-state index in [2.05, 4.69) is 20.6 Å². The molecular formula is C10H18N4O2. The van der Waals surface area contributed by atoms with Crippen LogP contribution in [0.25, 0.3) is 0 Å². The molecule has 0 aromatic carbocycles. The van der Waals surface area contributed by atoms with E-state index >= 15 is 0 Å². The first-order chi connectivity index (χ1) is 7.57. The molecule has 0 bridgehead atoms. The largest absolute Gasteiger partial charge is 0.393 e. The van der Waals surface area contributed by atoms with E-state index < -0.39 is 5.60 Å². The van der Waals surface area contributed by atoms with Gasteiger partial charge in [-0.2, -0.15) is 0 Å². The van der Waals surface area contributed by atoms with E-state index in [0.29, 0.717) is 5.82 Å². The molecule has 0 aliphatic rings. The van der Waals surface area contributed by atoms with Crippen molar-refractivity contribution in [1.82, 2.24) is 9.97 Å². The van der Waals surface area contributed by atoms with Gasteiger partial charge in [-0.05, 0) is 13.8 Å². The van der Waals surface area contributed by atoms with Gasteiger partial charge in [0.15, 0.2) is 0 Å². The number of aromatic nitrogens is 2. The van der Waals surface area contributed by atoms with Crippen LogP contribution in [0.4, 0.5) is 11.6 Å². The lowest BCUT2D eigenvalue weighted by Gasteiger charge is -2.20. The van der Waals surface area contributed by atoms with E-state index in [1.165, 1.54) is 6.33 Å². The summed E-state index contributed by atoms with van der Waals surface area (Å²) in [5, 5.41) is 24.5. The van der Waals surface area contributed by atoms with Crippen LogP contribution in [0.15, 0.2) is 12.4 Å². The summed E-state index contributed by atoms with van der Waals surface area (Å²) in [6.45, 7) is 4.24. The maximum Gasteiger partial charge on any atom is 0.131 e. The van der Waals surface area contributed by atoms with Gasteiger partial charge in [0.25, 0.3) is 0 Å². The number of anilines is 2. The molecule has 4 N–H and O–H groups in total. The van der Waals surface area contributed by atoms with E-state index in [1.54, 1.807) is 13.0 Å². The Bertz CT molecular complexity index is 330. The minimum absolute atomic E-state index is 0.228. The summed E-state index contributed by atoms with van der Waals surface area (Å²) in [6, 6.07) is 1.75. The Balaban J connectivity index is 2.57. The summed E-state index contributed by atoms with van der Waals surface area (Å²) in [6.07, 6.45) is 1.44. The van der Waals surface area contributed by atoms with Gasteiger partial charge in [-0.1, -0.05) is 0 Å². The lowest BCUT2D eigenvalue weighted by atomic mass is 10.1. The molecule has 0 radical (unpaired) electrons. The molecule has 0 fully saturated rings. The summed E-state index contributed by atoms with van der Waals surface area (Å²) in [5.74, 6) is 1.34. The van der Waals surface area contributed by atoms with E-state index in [1.807, 2.05) is 6.92 Å². The zero-order valence-electron chi connectivity index (χ0n) is 9.56. The molecule has 90 valence electrons. The molecule has 0 aliphatic carbocycles. The fraction of sp³-hybridized carbons (Fsp3) is 0.600. The molecule has 0 amide bonds. The number of hydrogen-bond donors (Lipinski definition) is 4. The van der Waals surface area contributed by atoms with Gasteiger partial charge in [0.2, 0.25) is 0 Å². The van der Waals surface area contributed by atoms with Crippen molar-refractivity contribution in [3.05, 3.63) is 12.4 Å². The second-order valence-electron chi connectivity index (χ2n) is 3.83. The highest BCUT2D eigenvalue weighted by atomic mass is 16.3. The van der Waals surface area contributed by atoms with Gasteiger partial charge >= 0.3 is 0 Å². The fourth-order valence-electron chi connectivity index (χ4n) is 1.07. The third kappa shape index (κ3) is 4.00. The van der Waals surface area contributed by atoms with Crippen molar-refractivity contribution in [2.45, 2.75) is 19.4 Å². The molecule has 0 saturated carbocycles. The summed E-state index contributed by atoms with van der Waals surface area (Å²) in [4.78, 5) is 8.02. The van der Waals surface area contributed by atoms with Crippen molar-refractivity contribution in [3.63, 3.8) is 0 Å². The number of aliphatic hydroxyl groups excluding tert-OH is 1. The van der Waals surface area contributed by atoms with E-state index in [-0.39, 0.29) is 13.2 Å². The second-order valence-corrected chi connectivity index (χ2v) is 3.83. The molecule has 1 rings (SSSR count). The first-order valence-corrected chi connectivity index (χ1v) is 5.20. The van der Waals surface area contributed by atoms with Crippen molar-refractivity contribution in [2.75, 3.05) is 30.3 Å². The van der Waals surface area contributed by atoms with Crippen LogP contribution in [0.2, 0.25) is 0 Å². The highest BCUT2D eigenvalue weighted by Gasteiger charge is 2.18. The van der Waals surface area contributed by atoms with Crippen molar-refractivity contribution < 1.29 is 10.2 Å². The third-order valence-corrected chi connectivity index (χ3v) is 2.02. The minimum atomic E-state index is -1.15. The van der Waals surface area contributed by atoms with Crippen LogP contribution in [0.1, 0.15) is 13.8 Å². The first kappa shape index (κ1) is 12.7. The maximum absolute atomic E-state index is 9.59. The number of rotatable bonds is 6. The van der Waals surface area contributed by atoms with Crippen molar-refractivity contribution in [3.8, 4) is 0 Å². The van der Waals surface area contributed by atoms with E-state index in [0.717, 1.165) is 12.4 Å². The summed E-state index contributed by atoms with van der Waals surface area (Å²) in [5.41, 5.74) is -1.15. The Labute approximate surface area is 94.7 Å². The summed E-state index contributed by atoms with van der Waals surface area (Å²) >= 11 is 0. The van der Waals surface area contributed by atoms with Crippen LogP contribution in [0, 0.1) is 0 Å². The van der Waals surface area contributed by atoms with Gasteiger partial charge in [-0.3, -0.25) is 0 Å². The molecule has 1 atom stereocenters.